The molecular formula is C17H19FN2O. The van der Waals surface area contributed by atoms with Gasteiger partial charge in [0.25, 0.3) is 0 Å². The van der Waals surface area contributed by atoms with E-state index in [0.717, 1.165) is 5.75 Å². The molecule has 110 valence electrons. The van der Waals surface area contributed by atoms with E-state index in [9.17, 15) is 4.39 Å². The summed E-state index contributed by atoms with van der Waals surface area (Å²) < 4.78 is 19.2. The Labute approximate surface area is 124 Å². The molecule has 0 fully saturated rings. The van der Waals surface area contributed by atoms with E-state index in [2.05, 4.69) is 13.8 Å². The first-order chi connectivity index (χ1) is 9.95. The monoisotopic (exact) mass is 286 g/mol. The molecule has 0 aliphatic heterocycles. The summed E-state index contributed by atoms with van der Waals surface area (Å²) in [5.41, 5.74) is 7.59. The third kappa shape index (κ3) is 4.05. The number of ether oxygens (including phenoxy) is 1. The van der Waals surface area contributed by atoms with E-state index in [1.54, 1.807) is 6.07 Å². The van der Waals surface area contributed by atoms with Gasteiger partial charge in [-0.2, -0.15) is 0 Å². The first-order valence-electron chi connectivity index (χ1n) is 6.82. The van der Waals surface area contributed by atoms with Crippen LogP contribution >= 0.6 is 0 Å². The Balaban J connectivity index is 2.13. The summed E-state index contributed by atoms with van der Waals surface area (Å²) >= 11 is 0. The molecular weight excluding hydrogens is 267 g/mol. The maximum absolute atomic E-state index is 13.5. The zero-order valence-corrected chi connectivity index (χ0v) is 12.2. The molecule has 2 rings (SSSR count). The highest BCUT2D eigenvalue weighted by Gasteiger charge is 2.05. The van der Waals surface area contributed by atoms with Crippen LogP contribution in [-0.2, 0) is 6.61 Å². The predicted molar refractivity (Wildman–Crippen MR) is 82.3 cm³/mol. The highest BCUT2D eigenvalue weighted by Crippen LogP contribution is 2.21. The van der Waals surface area contributed by atoms with E-state index in [4.69, 9.17) is 15.9 Å². The largest absolute Gasteiger partial charge is 0.489 e. The van der Waals surface area contributed by atoms with Gasteiger partial charge in [0.15, 0.2) is 0 Å². The van der Waals surface area contributed by atoms with Crippen LogP contribution < -0.4 is 10.5 Å². The number of benzene rings is 2. The summed E-state index contributed by atoms with van der Waals surface area (Å²) in [5, 5.41) is 7.37. The summed E-state index contributed by atoms with van der Waals surface area (Å²) in [7, 11) is 0. The van der Waals surface area contributed by atoms with Crippen LogP contribution in [-0.4, -0.2) is 5.84 Å². The molecule has 0 aliphatic carbocycles. The summed E-state index contributed by atoms with van der Waals surface area (Å²) in [6, 6.07) is 12.1. The van der Waals surface area contributed by atoms with Gasteiger partial charge in [-0.05, 0) is 47.4 Å². The molecule has 2 aromatic carbocycles. The Morgan fingerprint density at radius 1 is 1.24 bits per heavy atom. The van der Waals surface area contributed by atoms with E-state index in [1.165, 1.54) is 17.7 Å². The van der Waals surface area contributed by atoms with Gasteiger partial charge in [0, 0.05) is 5.56 Å². The maximum atomic E-state index is 13.5. The van der Waals surface area contributed by atoms with Crippen molar-refractivity contribution in [2.24, 2.45) is 5.73 Å². The number of halogens is 1. The van der Waals surface area contributed by atoms with Gasteiger partial charge in [-0.15, -0.1) is 0 Å². The molecule has 0 aliphatic rings. The first kappa shape index (κ1) is 15.0. The lowest BCUT2D eigenvalue weighted by Crippen LogP contribution is -2.12. The number of nitrogens with one attached hydrogen (secondary N) is 1. The second-order valence-electron chi connectivity index (χ2n) is 5.28. The maximum Gasteiger partial charge on any atom is 0.124 e. The first-order valence-corrected chi connectivity index (χ1v) is 6.82. The topological polar surface area (TPSA) is 59.1 Å². The van der Waals surface area contributed by atoms with Crippen molar-refractivity contribution in [1.82, 2.24) is 0 Å². The van der Waals surface area contributed by atoms with Crippen LogP contribution in [0.25, 0.3) is 0 Å². The van der Waals surface area contributed by atoms with Crippen molar-refractivity contribution in [3.05, 3.63) is 65.0 Å². The molecule has 0 aromatic heterocycles. The molecule has 3 nitrogen and oxygen atoms in total. The Kier molecular flexibility index (Phi) is 4.58. The van der Waals surface area contributed by atoms with Gasteiger partial charge in [-0.3, -0.25) is 5.41 Å². The van der Waals surface area contributed by atoms with Crippen LogP contribution in [0.15, 0.2) is 42.5 Å². The van der Waals surface area contributed by atoms with Crippen molar-refractivity contribution < 1.29 is 9.13 Å². The summed E-state index contributed by atoms with van der Waals surface area (Å²) in [5.74, 6) is 0.594. The van der Waals surface area contributed by atoms with Crippen LogP contribution in [0.3, 0.4) is 0 Å². The van der Waals surface area contributed by atoms with E-state index >= 15 is 0 Å². The normalized spacial score (nSPS) is 10.7. The Hall–Kier alpha value is -2.36. The number of amidine groups is 1. The van der Waals surface area contributed by atoms with Gasteiger partial charge in [-0.25, -0.2) is 4.39 Å². The van der Waals surface area contributed by atoms with Crippen LogP contribution in [0.2, 0.25) is 0 Å². The number of rotatable bonds is 5. The van der Waals surface area contributed by atoms with Gasteiger partial charge in [-0.1, -0.05) is 26.0 Å². The third-order valence-electron chi connectivity index (χ3n) is 3.20. The van der Waals surface area contributed by atoms with Gasteiger partial charge < -0.3 is 10.5 Å². The average Bonchev–Trinajstić information content (AvgIpc) is 2.45. The second kappa shape index (κ2) is 6.39. The Bertz CT molecular complexity index is 653. The summed E-state index contributed by atoms with van der Waals surface area (Å²) in [6.45, 7) is 4.47. The van der Waals surface area contributed by atoms with Crippen molar-refractivity contribution >= 4 is 5.84 Å². The Morgan fingerprint density at radius 2 is 2.00 bits per heavy atom. The molecule has 0 bridgehead atoms. The van der Waals surface area contributed by atoms with Gasteiger partial charge in [0.1, 0.15) is 24.0 Å². The third-order valence-corrected chi connectivity index (χ3v) is 3.20. The smallest absolute Gasteiger partial charge is 0.124 e. The molecule has 0 heterocycles. The molecule has 0 amide bonds. The van der Waals surface area contributed by atoms with E-state index in [0.29, 0.717) is 17.0 Å². The highest BCUT2D eigenvalue weighted by molar-refractivity contribution is 5.95. The second-order valence-corrected chi connectivity index (χ2v) is 5.28. The lowest BCUT2D eigenvalue weighted by Gasteiger charge is -2.11. The van der Waals surface area contributed by atoms with E-state index < -0.39 is 5.82 Å². The van der Waals surface area contributed by atoms with Crippen LogP contribution in [0.4, 0.5) is 4.39 Å². The SMILES string of the molecule is CC(C)c1cccc(OCc2cc(F)cc(C(=N)N)c2)c1. The zero-order chi connectivity index (χ0) is 15.4. The van der Waals surface area contributed by atoms with Crippen molar-refractivity contribution in [3.8, 4) is 5.75 Å². The molecule has 0 atom stereocenters. The van der Waals surface area contributed by atoms with Crippen LogP contribution in [0.5, 0.6) is 5.75 Å². The van der Waals surface area contributed by atoms with Gasteiger partial charge in [0.2, 0.25) is 0 Å². The van der Waals surface area contributed by atoms with Crippen molar-refractivity contribution in [3.63, 3.8) is 0 Å². The van der Waals surface area contributed by atoms with Gasteiger partial charge >= 0.3 is 0 Å². The van der Waals surface area contributed by atoms with Crippen LogP contribution in [0.1, 0.15) is 36.5 Å². The summed E-state index contributed by atoms with van der Waals surface area (Å²) in [4.78, 5) is 0. The molecule has 0 saturated carbocycles. The standard InChI is InChI=1S/C17H19FN2O/c1-11(2)13-4-3-5-16(9-13)21-10-12-6-14(17(19)20)8-15(18)7-12/h3-9,11H,10H2,1-2H3,(H3,19,20). The molecule has 4 heteroatoms. The van der Waals surface area contributed by atoms with Crippen LogP contribution in [0, 0.1) is 11.2 Å². The predicted octanol–water partition coefficient (Wildman–Crippen LogP) is 3.81. The van der Waals surface area contributed by atoms with Crippen molar-refractivity contribution in [1.29, 1.82) is 5.41 Å². The number of hydrogen-bond donors (Lipinski definition) is 2. The average molecular weight is 286 g/mol. The minimum atomic E-state index is -0.419. The van der Waals surface area contributed by atoms with Crippen molar-refractivity contribution in [2.75, 3.05) is 0 Å². The lowest BCUT2D eigenvalue weighted by molar-refractivity contribution is 0.305. The highest BCUT2D eigenvalue weighted by atomic mass is 19.1. The lowest BCUT2D eigenvalue weighted by atomic mass is 10.0. The number of hydrogen-bond acceptors (Lipinski definition) is 2. The van der Waals surface area contributed by atoms with Crippen molar-refractivity contribution in [2.45, 2.75) is 26.4 Å². The summed E-state index contributed by atoms with van der Waals surface area (Å²) in [6.07, 6.45) is 0. The molecule has 0 spiro atoms. The molecule has 0 saturated heterocycles. The number of nitrogens with two attached hydrogens (primary N) is 1. The molecule has 2 aromatic rings. The zero-order valence-electron chi connectivity index (χ0n) is 12.2. The number of nitrogen functional groups attached to an aromatic ring is 1. The molecule has 0 unspecified atom stereocenters. The van der Waals surface area contributed by atoms with Gasteiger partial charge in [0.05, 0.1) is 0 Å². The molecule has 21 heavy (non-hydrogen) atoms. The fourth-order valence-electron chi connectivity index (χ4n) is 2.02. The fourth-order valence-corrected chi connectivity index (χ4v) is 2.02. The minimum Gasteiger partial charge on any atom is -0.489 e. The van der Waals surface area contributed by atoms with E-state index in [1.807, 2.05) is 24.3 Å². The minimum absolute atomic E-state index is 0.155. The molecule has 3 N–H and O–H groups in total. The Morgan fingerprint density at radius 3 is 2.67 bits per heavy atom. The van der Waals surface area contributed by atoms with E-state index in [-0.39, 0.29) is 12.4 Å². The quantitative estimate of drug-likeness (QED) is 0.648. The fraction of sp³-hybridized carbons (Fsp3) is 0.235. The molecule has 0 radical (unpaired) electrons.